The lowest BCUT2D eigenvalue weighted by molar-refractivity contribution is 0.0528. The summed E-state index contributed by atoms with van der Waals surface area (Å²) in [7, 11) is 1.89. The standard InChI is InChI=1S/C11H18IN3O2/c1-11(2,3)17-10(16)13-6-5-9-8(12)7-14-15(9)4/h7H,5-6H2,1-4H3,(H,13,16). The zero-order chi connectivity index (χ0) is 13.1. The highest BCUT2D eigenvalue weighted by molar-refractivity contribution is 14.1. The third-order valence-electron chi connectivity index (χ3n) is 2.04. The van der Waals surface area contributed by atoms with Crippen LogP contribution in [0.3, 0.4) is 0 Å². The number of carbonyl (C=O) groups is 1. The number of halogens is 1. The van der Waals surface area contributed by atoms with Crippen molar-refractivity contribution in [3.8, 4) is 0 Å². The highest BCUT2D eigenvalue weighted by Gasteiger charge is 2.15. The van der Waals surface area contributed by atoms with Gasteiger partial charge in [-0.2, -0.15) is 5.10 Å². The van der Waals surface area contributed by atoms with E-state index in [9.17, 15) is 4.79 Å². The summed E-state index contributed by atoms with van der Waals surface area (Å²) < 4.78 is 8.07. The highest BCUT2D eigenvalue weighted by atomic mass is 127. The van der Waals surface area contributed by atoms with E-state index in [1.54, 1.807) is 0 Å². The van der Waals surface area contributed by atoms with Crippen molar-refractivity contribution in [2.24, 2.45) is 7.05 Å². The Kier molecular flexibility index (Phi) is 4.79. The quantitative estimate of drug-likeness (QED) is 0.849. The maximum Gasteiger partial charge on any atom is 0.407 e. The van der Waals surface area contributed by atoms with Crippen LogP contribution in [-0.2, 0) is 18.2 Å². The zero-order valence-corrected chi connectivity index (χ0v) is 12.7. The Morgan fingerprint density at radius 1 is 1.59 bits per heavy atom. The van der Waals surface area contributed by atoms with E-state index in [-0.39, 0.29) is 6.09 Å². The number of nitrogens with one attached hydrogen (secondary N) is 1. The molecule has 0 aliphatic heterocycles. The van der Waals surface area contributed by atoms with Gasteiger partial charge in [0.2, 0.25) is 0 Å². The van der Waals surface area contributed by atoms with Crippen LogP contribution in [-0.4, -0.2) is 28.0 Å². The molecule has 1 aromatic rings. The van der Waals surface area contributed by atoms with Crippen molar-refractivity contribution in [3.05, 3.63) is 15.5 Å². The number of alkyl carbamates (subject to hydrolysis) is 1. The Morgan fingerprint density at radius 3 is 2.71 bits per heavy atom. The largest absolute Gasteiger partial charge is 0.444 e. The number of ether oxygens (including phenoxy) is 1. The van der Waals surface area contributed by atoms with Gasteiger partial charge in [0.05, 0.1) is 15.5 Å². The second-order valence-corrected chi connectivity index (χ2v) is 5.90. The SMILES string of the molecule is Cn1ncc(I)c1CCNC(=O)OC(C)(C)C. The van der Waals surface area contributed by atoms with Gasteiger partial charge in [0, 0.05) is 20.0 Å². The van der Waals surface area contributed by atoms with Crippen molar-refractivity contribution in [1.29, 1.82) is 0 Å². The van der Waals surface area contributed by atoms with Gasteiger partial charge in [-0.1, -0.05) is 0 Å². The Hall–Kier alpha value is -0.790. The molecule has 0 saturated carbocycles. The summed E-state index contributed by atoms with van der Waals surface area (Å²) in [6, 6.07) is 0. The highest BCUT2D eigenvalue weighted by Crippen LogP contribution is 2.10. The van der Waals surface area contributed by atoms with Gasteiger partial charge in [-0.3, -0.25) is 4.68 Å². The van der Waals surface area contributed by atoms with Crippen LogP contribution < -0.4 is 5.32 Å². The number of nitrogens with zero attached hydrogens (tertiary/aromatic N) is 2. The number of amides is 1. The van der Waals surface area contributed by atoms with Gasteiger partial charge in [0.25, 0.3) is 0 Å². The maximum atomic E-state index is 11.4. The lowest BCUT2D eigenvalue weighted by atomic mass is 10.2. The van der Waals surface area contributed by atoms with Gasteiger partial charge < -0.3 is 10.1 Å². The first-order chi connectivity index (χ1) is 7.79. The molecule has 0 aliphatic carbocycles. The first-order valence-electron chi connectivity index (χ1n) is 5.43. The molecule has 5 nitrogen and oxygen atoms in total. The molecule has 1 rings (SSSR count). The summed E-state index contributed by atoms with van der Waals surface area (Å²) in [6.45, 7) is 6.08. The normalized spacial score (nSPS) is 11.4. The number of hydrogen-bond acceptors (Lipinski definition) is 3. The topological polar surface area (TPSA) is 56.2 Å². The molecule has 1 amide bonds. The molecule has 0 spiro atoms. The average molecular weight is 351 g/mol. The van der Waals surface area contributed by atoms with Crippen LogP contribution in [0.5, 0.6) is 0 Å². The minimum absolute atomic E-state index is 0.380. The third kappa shape index (κ3) is 4.93. The first kappa shape index (κ1) is 14.3. The van der Waals surface area contributed by atoms with E-state index in [0.717, 1.165) is 15.7 Å². The molecule has 0 bridgehead atoms. The summed E-state index contributed by atoms with van der Waals surface area (Å²) in [4.78, 5) is 11.4. The van der Waals surface area contributed by atoms with Crippen LogP contribution in [0.1, 0.15) is 26.5 Å². The van der Waals surface area contributed by atoms with Gasteiger partial charge in [-0.05, 0) is 43.4 Å². The Balaban J connectivity index is 2.36. The summed E-state index contributed by atoms with van der Waals surface area (Å²) in [5, 5.41) is 6.86. The molecule has 0 unspecified atom stereocenters. The minimum atomic E-state index is -0.453. The van der Waals surface area contributed by atoms with Crippen LogP contribution in [0.2, 0.25) is 0 Å². The fourth-order valence-electron chi connectivity index (χ4n) is 1.31. The predicted molar refractivity (Wildman–Crippen MR) is 73.9 cm³/mol. The van der Waals surface area contributed by atoms with Gasteiger partial charge in [-0.25, -0.2) is 4.79 Å². The lowest BCUT2D eigenvalue weighted by Gasteiger charge is -2.19. The van der Waals surface area contributed by atoms with Crippen molar-refractivity contribution in [2.45, 2.75) is 32.8 Å². The monoisotopic (exact) mass is 351 g/mol. The van der Waals surface area contributed by atoms with Gasteiger partial charge in [0.1, 0.15) is 5.60 Å². The molecule has 0 radical (unpaired) electrons. The Morgan fingerprint density at radius 2 is 2.24 bits per heavy atom. The molecule has 96 valence electrons. The number of carbonyl (C=O) groups excluding carboxylic acids is 1. The van der Waals surface area contributed by atoms with E-state index in [4.69, 9.17) is 4.74 Å². The van der Waals surface area contributed by atoms with Crippen molar-refractivity contribution in [1.82, 2.24) is 15.1 Å². The van der Waals surface area contributed by atoms with E-state index in [1.807, 2.05) is 38.7 Å². The number of aryl methyl sites for hydroxylation is 1. The van der Waals surface area contributed by atoms with Crippen LogP contribution in [0.15, 0.2) is 6.20 Å². The number of hydrogen-bond donors (Lipinski definition) is 1. The number of aromatic nitrogens is 2. The molecule has 0 atom stereocenters. The zero-order valence-electron chi connectivity index (χ0n) is 10.6. The Bertz CT molecular complexity index is 376. The molecule has 0 aromatic carbocycles. The van der Waals surface area contributed by atoms with E-state index in [0.29, 0.717) is 6.54 Å². The van der Waals surface area contributed by atoms with Gasteiger partial charge in [-0.15, -0.1) is 0 Å². The molecule has 0 fully saturated rings. The van der Waals surface area contributed by atoms with E-state index >= 15 is 0 Å². The summed E-state index contributed by atoms with van der Waals surface area (Å²) in [5.74, 6) is 0. The third-order valence-corrected chi connectivity index (χ3v) is 2.94. The molecular weight excluding hydrogens is 333 g/mol. The smallest absolute Gasteiger partial charge is 0.407 e. The second kappa shape index (κ2) is 5.70. The molecule has 1 N–H and O–H groups in total. The molecule has 0 saturated heterocycles. The summed E-state index contributed by atoms with van der Waals surface area (Å²) in [5.41, 5.74) is 0.659. The fraction of sp³-hybridized carbons (Fsp3) is 0.636. The minimum Gasteiger partial charge on any atom is -0.444 e. The van der Waals surface area contributed by atoms with Crippen molar-refractivity contribution in [2.75, 3.05) is 6.54 Å². The lowest BCUT2D eigenvalue weighted by Crippen LogP contribution is -2.33. The summed E-state index contributed by atoms with van der Waals surface area (Å²) >= 11 is 2.23. The van der Waals surface area contributed by atoms with Crippen LogP contribution in [0.25, 0.3) is 0 Å². The van der Waals surface area contributed by atoms with Gasteiger partial charge >= 0.3 is 6.09 Å². The predicted octanol–water partition coefficient (Wildman–Crippen LogP) is 2.09. The second-order valence-electron chi connectivity index (χ2n) is 4.74. The average Bonchev–Trinajstić information content (AvgIpc) is 2.46. The van der Waals surface area contributed by atoms with E-state index in [1.165, 1.54) is 0 Å². The first-order valence-corrected chi connectivity index (χ1v) is 6.50. The van der Waals surface area contributed by atoms with Crippen LogP contribution >= 0.6 is 22.6 Å². The summed E-state index contributed by atoms with van der Waals surface area (Å²) in [6.07, 6.45) is 2.17. The molecule has 1 heterocycles. The van der Waals surface area contributed by atoms with Gasteiger partial charge in [0.15, 0.2) is 0 Å². The molecule has 17 heavy (non-hydrogen) atoms. The van der Waals surface area contributed by atoms with Crippen molar-refractivity contribution in [3.63, 3.8) is 0 Å². The maximum absolute atomic E-state index is 11.4. The van der Waals surface area contributed by atoms with Crippen LogP contribution in [0, 0.1) is 3.57 Å². The van der Waals surface area contributed by atoms with Crippen molar-refractivity contribution < 1.29 is 9.53 Å². The van der Waals surface area contributed by atoms with E-state index < -0.39 is 5.60 Å². The number of rotatable bonds is 3. The Labute approximate surface area is 115 Å². The van der Waals surface area contributed by atoms with Crippen LogP contribution in [0.4, 0.5) is 4.79 Å². The molecule has 1 aromatic heterocycles. The fourth-order valence-corrected chi connectivity index (χ4v) is 2.06. The molecule has 0 aliphatic rings. The molecule has 6 heteroatoms. The van der Waals surface area contributed by atoms with Crippen molar-refractivity contribution >= 4 is 28.7 Å². The van der Waals surface area contributed by atoms with E-state index in [2.05, 4.69) is 33.0 Å². The molecular formula is C11H18IN3O2.